The van der Waals surface area contributed by atoms with Gasteiger partial charge in [0.25, 0.3) is 0 Å². The first-order valence-corrected chi connectivity index (χ1v) is 5.56. The van der Waals surface area contributed by atoms with Crippen molar-refractivity contribution < 1.29 is 9.59 Å². The van der Waals surface area contributed by atoms with Gasteiger partial charge in [-0.25, -0.2) is 4.79 Å². The molecule has 0 aromatic rings. The van der Waals surface area contributed by atoms with Gasteiger partial charge in [0.1, 0.15) is 0 Å². The van der Waals surface area contributed by atoms with Crippen LogP contribution in [-0.4, -0.2) is 36.5 Å². The SMILES string of the molecule is CNC(=O)NC(=O)CCSCC(C)N. The van der Waals surface area contributed by atoms with Crippen molar-refractivity contribution >= 4 is 23.7 Å². The Morgan fingerprint density at radius 2 is 2.14 bits per heavy atom. The molecule has 0 heterocycles. The van der Waals surface area contributed by atoms with Gasteiger partial charge in [0.05, 0.1) is 0 Å². The van der Waals surface area contributed by atoms with E-state index in [4.69, 9.17) is 5.73 Å². The van der Waals surface area contributed by atoms with Gasteiger partial charge in [0.2, 0.25) is 5.91 Å². The molecule has 0 aliphatic heterocycles. The van der Waals surface area contributed by atoms with Gasteiger partial charge in [-0.15, -0.1) is 0 Å². The highest BCUT2D eigenvalue weighted by molar-refractivity contribution is 7.99. The summed E-state index contributed by atoms with van der Waals surface area (Å²) in [6.45, 7) is 1.91. The fourth-order valence-corrected chi connectivity index (χ4v) is 1.55. The van der Waals surface area contributed by atoms with Crippen LogP contribution in [0.15, 0.2) is 0 Å². The number of imide groups is 1. The lowest BCUT2D eigenvalue weighted by Crippen LogP contribution is -2.37. The fraction of sp³-hybridized carbons (Fsp3) is 0.750. The molecule has 1 unspecified atom stereocenters. The Kier molecular flexibility index (Phi) is 7.23. The minimum Gasteiger partial charge on any atom is -0.341 e. The molecule has 0 spiro atoms. The lowest BCUT2D eigenvalue weighted by molar-refractivity contribution is -0.119. The molecule has 6 heteroatoms. The molecule has 4 N–H and O–H groups in total. The predicted molar refractivity (Wildman–Crippen MR) is 58.2 cm³/mol. The second kappa shape index (κ2) is 7.64. The van der Waals surface area contributed by atoms with Gasteiger partial charge in [0, 0.05) is 31.0 Å². The van der Waals surface area contributed by atoms with Gasteiger partial charge in [-0.3, -0.25) is 10.1 Å². The number of nitrogens with two attached hydrogens (primary N) is 1. The average molecular weight is 219 g/mol. The third kappa shape index (κ3) is 7.88. The van der Waals surface area contributed by atoms with E-state index in [1.807, 2.05) is 6.92 Å². The molecule has 0 aliphatic carbocycles. The second-order valence-electron chi connectivity index (χ2n) is 2.93. The van der Waals surface area contributed by atoms with Crippen molar-refractivity contribution in [2.45, 2.75) is 19.4 Å². The number of urea groups is 1. The van der Waals surface area contributed by atoms with Gasteiger partial charge < -0.3 is 11.1 Å². The van der Waals surface area contributed by atoms with Crippen molar-refractivity contribution in [1.29, 1.82) is 0 Å². The number of thioether (sulfide) groups is 1. The Morgan fingerprint density at radius 3 is 2.64 bits per heavy atom. The summed E-state index contributed by atoms with van der Waals surface area (Å²) >= 11 is 1.61. The third-order valence-electron chi connectivity index (χ3n) is 1.33. The normalized spacial score (nSPS) is 11.9. The smallest absolute Gasteiger partial charge is 0.321 e. The van der Waals surface area contributed by atoms with Gasteiger partial charge in [0.15, 0.2) is 0 Å². The van der Waals surface area contributed by atoms with E-state index < -0.39 is 6.03 Å². The van der Waals surface area contributed by atoms with E-state index in [0.29, 0.717) is 12.2 Å². The summed E-state index contributed by atoms with van der Waals surface area (Å²) in [6, 6.07) is -0.325. The Labute approximate surface area is 88.2 Å². The van der Waals surface area contributed by atoms with Crippen LogP contribution in [0.5, 0.6) is 0 Å². The Hall–Kier alpha value is -0.750. The van der Waals surface area contributed by atoms with Crippen LogP contribution in [0.2, 0.25) is 0 Å². The highest BCUT2D eigenvalue weighted by atomic mass is 32.2. The van der Waals surface area contributed by atoms with Crippen molar-refractivity contribution in [1.82, 2.24) is 10.6 Å². The predicted octanol–water partition coefficient (Wildman–Crippen LogP) is -0.0875. The maximum atomic E-state index is 11.0. The largest absolute Gasteiger partial charge is 0.341 e. The minimum atomic E-state index is -0.466. The second-order valence-corrected chi connectivity index (χ2v) is 4.08. The van der Waals surface area contributed by atoms with Crippen LogP contribution in [0.25, 0.3) is 0 Å². The molecule has 0 aliphatic rings. The molecule has 0 saturated carbocycles. The first-order chi connectivity index (χ1) is 6.56. The van der Waals surface area contributed by atoms with Crippen LogP contribution < -0.4 is 16.4 Å². The summed E-state index contributed by atoms with van der Waals surface area (Å²) in [5, 5.41) is 4.49. The standard InChI is InChI=1S/C8H17N3O2S/c1-6(9)5-14-4-3-7(12)11-8(13)10-2/h6H,3-5,9H2,1-2H3,(H2,10,11,12,13). The summed E-state index contributed by atoms with van der Waals surface area (Å²) in [5.74, 6) is 1.25. The van der Waals surface area contributed by atoms with E-state index in [1.54, 1.807) is 11.8 Å². The number of hydrogen-bond acceptors (Lipinski definition) is 4. The number of rotatable bonds is 5. The molecule has 0 fully saturated rings. The van der Waals surface area contributed by atoms with E-state index in [2.05, 4.69) is 10.6 Å². The molecule has 14 heavy (non-hydrogen) atoms. The first kappa shape index (κ1) is 13.2. The van der Waals surface area contributed by atoms with Crippen molar-refractivity contribution in [2.75, 3.05) is 18.6 Å². The topological polar surface area (TPSA) is 84.2 Å². The number of amides is 3. The minimum absolute atomic E-state index is 0.141. The number of carbonyl (C=O) groups excluding carboxylic acids is 2. The van der Waals surface area contributed by atoms with Gasteiger partial charge >= 0.3 is 6.03 Å². The van der Waals surface area contributed by atoms with Gasteiger partial charge in [-0.1, -0.05) is 0 Å². The highest BCUT2D eigenvalue weighted by Gasteiger charge is 2.05. The highest BCUT2D eigenvalue weighted by Crippen LogP contribution is 2.03. The molecule has 5 nitrogen and oxygen atoms in total. The number of nitrogens with one attached hydrogen (secondary N) is 2. The summed E-state index contributed by atoms with van der Waals surface area (Å²) in [4.78, 5) is 21.7. The molecular formula is C8H17N3O2S. The lowest BCUT2D eigenvalue weighted by atomic mass is 10.4. The van der Waals surface area contributed by atoms with Crippen LogP contribution in [0.4, 0.5) is 4.79 Å². The summed E-state index contributed by atoms with van der Waals surface area (Å²) in [7, 11) is 1.47. The molecule has 0 saturated heterocycles. The number of hydrogen-bond donors (Lipinski definition) is 3. The molecule has 0 bridgehead atoms. The van der Waals surface area contributed by atoms with Crippen molar-refractivity contribution in [3.63, 3.8) is 0 Å². The summed E-state index contributed by atoms with van der Waals surface area (Å²) in [6.07, 6.45) is 0.338. The summed E-state index contributed by atoms with van der Waals surface area (Å²) in [5.41, 5.74) is 5.53. The van der Waals surface area contributed by atoms with Crippen LogP contribution in [-0.2, 0) is 4.79 Å². The molecular weight excluding hydrogens is 202 g/mol. The first-order valence-electron chi connectivity index (χ1n) is 4.41. The average Bonchev–Trinajstić information content (AvgIpc) is 2.12. The van der Waals surface area contributed by atoms with E-state index in [9.17, 15) is 9.59 Å². The van der Waals surface area contributed by atoms with Gasteiger partial charge in [-0.05, 0) is 6.92 Å². The zero-order chi connectivity index (χ0) is 11.0. The summed E-state index contributed by atoms with van der Waals surface area (Å²) < 4.78 is 0. The zero-order valence-electron chi connectivity index (χ0n) is 8.50. The van der Waals surface area contributed by atoms with E-state index in [1.165, 1.54) is 7.05 Å². The van der Waals surface area contributed by atoms with Crippen LogP contribution >= 0.6 is 11.8 Å². The molecule has 3 amide bonds. The van der Waals surface area contributed by atoms with Crippen LogP contribution in [0.3, 0.4) is 0 Å². The van der Waals surface area contributed by atoms with Crippen molar-refractivity contribution in [3.05, 3.63) is 0 Å². The van der Waals surface area contributed by atoms with Crippen LogP contribution in [0, 0.1) is 0 Å². The van der Waals surface area contributed by atoms with Crippen molar-refractivity contribution in [2.24, 2.45) is 5.73 Å². The van der Waals surface area contributed by atoms with E-state index in [0.717, 1.165) is 5.75 Å². The Bertz CT molecular complexity index is 197. The number of carbonyl (C=O) groups is 2. The van der Waals surface area contributed by atoms with Gasteiger partial charge in [-0.2, -0.15) is 11.8 Å². The lowest BCUT2D eigenvalue weighted by Gasteiger charge is -2.04. The Balaban J connectivity index is 3.40. The third-order valence-corrected chi connectivity index (χ3v) is 2.59. The monoisotopic (exact) mass is 219 g/mol. The zero-order valence-corrected chi connectivity index (χ0v) is 9.32. The molecule has 0 radical (unpaired) electrons. The van der Waals surface area contributed by atoms with Crippen LogP contribution in [0.1, 0.15) is 13.3 Å². The molecule has 82 valence electrons. The van der Waals surface area contributed by atoms with E-state index >= 15 is 0 Å². The maximum absolute atomic E-state index is 11.0. The van der Waals surface area contributed by atoms with Crippen molar-refractivity contribution in [3.8, 4) is 0 Å². The quantitative estimate of drug-likeness (QED) is 0.564. The maximum Gasteiger partial charge on any atom is 0.321 e. The molecule has 0 aromatic carbocycles. The molecule has 1 atom stereocenters. The molecule has 0 rings (SSSR count). The Morgan fingerprint density at radius 1 is 1.50 bits per heavy atom. The fourth-order valence-electron chi connectivity index (χ4n) is 0.686. The van der Waals surface area contributed by atoms with E-state index in [-0.39, 0.29) is 11.9 Å². The molecule has 0 aromatic heterocycles.